The quantitative estimate of drug-likeness (QED) is 0.672. The molecule has 0 unspecified atom stereocenters. The lowest BCUT2D eigenvalue weighted by Gasteiger charge is -2.03. The molecule has 1 N–H and O–H groups in total. The molecule has 11 heteroatoms. The van der Waals surface area contributed by atoms with Gasteiger partial charge in [-0.15, -0.1) is 11.3 Å². The molecule has 1 heterocycles. The Bertz CT molecular complexity index is 676. The van der Waals surface area contributed by atoms with Crippen molar-refractivity contribution in [1.29, 1.82) is 0 Å². The highest BCUT2D eigenvalue weighted by atomic mass is 32.2. The van der Waals surface area contributed by atoms with Crippen molar-refractivity contribution in [2.75, 3.05) is 29.6 Å². The van der Waals surface area contributed by atoms with Crippen molar-refractivity contribution in [1.82, 2.24) is 4.98 Å². The van der Waals surface area contributed by atoms with Gasteiger partial charge in [0.05, 0.1) is 30.7 Å². The van der Waals surface area contributed by atoms with Crippen molar-refractivity contribution in [2.45, 2.75) is 6.42 Å². The number of carbonyl (C=O) groups is 1. The van der Waals surface area contributed by atoms with Gasteiger partial charge >= 0.3 is 5.97 Å². The van der Waals surface area contributed by atoms with E-state index in [9.17, 15) is 21.6 Å². The Hall–Kier alpha value is -1.20. The average molecular weight is 342 g/mol. The fraction of sp³-hybridized carbons (Fsp3) is 0.556. The van der Waals surface area contributed by atoms with Crippen molar-refractivity contribution in [3.63, 3.8) is 0 Å². The molecule has 8 nitrogen and oxygen atoms in total. The van der Waals surface area contributed by atoms with Gasteiger partial charge in [0.15, 0.2) is 5.13 Å². The highest BCUT2D eigenvalue weighted by Gasteiger charge is 2.16. The van der Waals surface area contributed by atoms with E-state index in [0.717, 1.165) is 17.6 Å². The first-order valence-electron chi connectivity index (χ1n) is 5.31. The molecule has 0 aliphatic carbocycles. The number of nitrogens with zero attached hydrogens (tertiary/aromatic N) is 1. The predicted molar refractivity (Wildman–Crippen MR) is 75.0 cm³/mol. The minimum Gasteiger partial charge on any atom is -0.469 e. The summed E-state index contributed by atoms with van der Waals surface area (Å²) in [4.78, 5) is 14.9. The van der Waals surface area contributed by atoms with Crippen LogP contribution in [0.3, 0.4) is 0 Å². The molecule has 1 rings (SSSR count). The Morgan fingerprint density at radius 1 is 1.35 bits per heavy atom. The van der Waals surface area contributed by atoms with Crippen LogP contribution in [0.25, 0.3) is 0 Å². The van der Waals surface area contributed by atoms with Gasteiger partial charge in [0.25, 0.3) is 0 Å². The van der Waals surface area contributed by atoms with Gasteiger partial charge < -0.3 is 4.74 Å². The van der Waals surface area contributed by atoms with E-state index in [2.05, 4.69) is 14.4 Å². The molecule has 0 atom stereocenters. The average Bonchev–Trinajstić information content (AvgIpc) is 2.72. The first-order chi connectivity index (χ1) is 9.11. The van der Waals surface area contributed by atoms with Crippen LogP contribution in [0.2, 0.25) is 0 Å². The molecular formula is C9H14N2O6S3. The zero-order valence-corrected chi connectivity index (χ0v) is 13.3. The van der Waals surface area contributed by atoms with E-state index in [4.69, 9.17) is 0 Å². The number of aromatic nitrogens is 1. The van der Waals surface area contributed by atoms with E-state index < -0.39 is 37.3 Å². The summed E-state index contributed by atoms with van der Waals surface area (Å²) in [5, 5.41) is 1.60. The summed E-state index contributed by atoms with van der Waals surface area (Å²) in [6, 6.07) is 0. The van der Waals surface area contributed by atoms with Crippen LogP contribution in [0.5, 0.6) is 0 Å². The Morgan fingerprint density at radius 3 is 2.55 bits per heavy atom. The number of ether oxygens (including phenoxy) is 1. The number of hydrogen-bond acceptors (Lipinski definition) is 8. The van der Waals surface area contributed by atoms with Crippen LogP contribution >= 0.6 is 11.3 Å². The Labute approximate surface area is 121 Å². The van der Waals surface area contributed by atoms with E-state index in [1.165, 1.54) is 12.5 Å². The van der Waals surface area contributed by atoms with E-state index in [1.54, 1.807) is 0 Å². The van der Waals surface area contributed by atoms with E-state index >= 15 is 0 Å². The summed E-state index contributed by atoms with van der Waals surface area (Å²) in [5.41, 5.74) is 0.377. The number of carbonyl (C=O) groups excluding carboxylic acids is 1. The standard InChI is InChI=1S/C9H14N2O6S3/c1-17-8(12)5-7-6-18-9(10-7)11-20(15,16)4-3-19(2,13)14/h6H,3-5H2,1-2H3,(H,10,11). The first kappa shape index (κ1) is 16.9. The molecule has 0 amide bonds. The molecule has 0 bridgehead atoms. The summed E-state index contributed by atoms with van der Waals surface area (Å²) in [6.07, 6.45) is 0.901. The highest BCUT2D eigenvalue weighted by molar-refractivity contribution is 7.95. The lowest BCUT2D eigenvalue weighted by molar-refractivity contribution is -0.139. The largest absolute Gasteiger partial charge is 0.469 e. The topological polar surface area (TPSA) is 119 Å². The maximum absolute atomic E-state index is 11.6. The van der Waals surface area contributed by atoms with Crippen molar-refractivity contribution in [3.05, 3.63) is 11.1 Å². The Kier molecular flexibility index (Phi) is 5.48. The van der Waals surface area contributed by atoms with Gasteiger partial charge in [0.2, 0.25) is 10.0 Å². The third-order valence-electron chi connectivity index (χ3n) is 2.07. The van der Waals surface area contributed by atoms with Gasteiger partial charge in [-0.25, -0.2) is 21.8 Å². The number of sulfone groups is 1. The number of sulfonamides is 1. The summed E-state index contributed by atoms with van der Waals surface area (Å²) < 4.78 is 51.8. The number of hydrogen-bond donors (Lipinski definition) is 1. The smallest absolute Gasteiger partial charge is 0.311 e. The van der Waals surface area contributed by atoms with E-state index in [-0.39, 0.29) is 11.6 Å². The maximum atomic E-state index is 11.6. The molecule has 0 aromatic carbocycles. The number of rotatable bonds is 7. The monoisotopic (exact) mass is 342 g/mol. The van der Waals surface area contributed by atoms with Crippen LogP contribution < -0.4 is 4.72 Å². The molecule has 0 fully saturated rings. The van der Waals surface area contributed by atoms with Crippen LogP contribution in [0.1, 0.15) is 5.69 Å². The molecule has 1 aromatic heterocycles. The zero-order valence-electron chi connectivity index (χ0n) is 10.8. The zero-order chi connectivity index (χ0) is 15.4. The summed E-state index contributed by atoms with van der Waals surface area (Å²) in [5.74, 6) is -1.50. The van der Waals surface area contributed by atoms with Crippen molar-refractivity contribution < 1.29 is 26.4 Å². The molecule has 0 saturated heterocycles. The minimum absolute atomic E-state index is 0.0575. The van der Waals surface area contributed by atoms with Crippen LogP contribution in [0.4, 0.5) is 5.13 Å². The second kappa shape index (κ2) is 6.50. The Morgan fingerprint density at radius 2 is 2.00 bits per heavy atom. The molecule has 0 spiro atoms. The SMILES string of the molecule is COC(=O)Cc1csc(NS(=O)(=O)CCS(C)(=O)=O)n1. The second-order valence-corrected chi connectivity index (χ2v) is 8.91. The molecule has 20 heavy (non-hydrogen) atoms. The minimum atomic E-state index is -3.79. The fourth-order valence-corrected chi connectivity index (χ4v) is 4.73. The predicted octanol–water partition coefficient (Wildman–Crippen LogP) is -0.355. The molecule has 1 aromatic rings. The summed E-state index contributed by atoms with van der Waals surface area (Å²) in [7, 11) is -5.91. The fourth-order valence-electron chi connectivity index (χ4n) is 1.10. The number of anilines is 1. The van der Waals surface area contributed by atoms with Gasteiger partial charge in [-0.05, 0) is 0 Å². The van der Waals surface area contributed by atoms with Crippen LogP contribution in [-0.4, -0.2) is 52.7 Å². The second-order valence-electron chi connectivity index (χ2n) is 3.95. The third-order valence-corrected chi connectivity index (χ3v) is 5.46. The molecular weight excluding hydrogens is 328 g/mol. The van der Waals surface area contributed by atoms with Gasteiger partial charge in [-0.3, -0.25) is 9.52 Å². The van der Waals surface area contributed by atoms with Crippen molar-refractivity contribution in [2.24, 2.45) is 0 Å². The van der Waals surface area contributed by atoms with Crippen molar-refractivity contribution in [3.8, 4) is 0 Å². The van der Waals surface area contributed by atoms with Crippen molar-refractivity contribution >= 4 is 42.3 Å². The summed E-state index contributed by atoms with van der Waals surface area (Å²) in [6.45, 7) is 0. The molecule has 0 aliphatic rings. The van der Waals surface area contributed by atoms with Gasteiger partial charge in [-0.2, -0.15) is 0 Å². The Balaban J connectivity index is 2.66. The van der Waals surface area contributed by atoms with Gasteiger partial charge in [0.1, 0.15) is 9.84 Å². The van der Waals surface area contributed by atoms with E-state index in [1.807, 2.05) is 0 Å². The summed E-state index contributed by atoms with van der Waals surface area (Å²) >= 11 is 1.00. The lowest BCUT2D eigenvalue weighted by Crippen LogP contribution is -2.22. The number of thiazole rings is 1. The highest BCUT2D eigenvalue weighted by Crippen LogP contribution is 2.17. The maximum Gasteiger partial charge on any atom is 0.311 e. The molecule has 0 saturated carbocycles. The van der Waals surface area contributed by atoms with Crippen LogP contribution in [-0.2, 0) is 35.8 Å². The number of nitrogens with one attached hydrogen (secondary N) is 1. The third kappa shape index (κ3) is 6.30. The molecule has 0 radical (unpaired) electrons. The number of esters is 1. The molecule has 114 valence electrons. The first-order valence-corrected chi connectivity index (χ1v) is 9.90. The normalized spacial score (nSPS) is 12.1. The van der Waals surface area contributed by atoms with Gasteiger partial charge in [-0.1, -0.05) is 0 Å². The van der Waals surface area contributed by atoms with Crippen LogP contribution in [0.15, 0.2) is 5.38 Å². The van der Waals surface area contributed by atoms with Gasteiger partial charge in [0, 0.05) is 11.6 Å². The lowest BCUT2D eigenvalue weighted by atomic mass is 10.3. The number of methoxy groups -OCH3 is 1. The van der Waals surface area contributed by atoms with E-state index in [0.29, 0.717) is 5.69 Å². The molecule has 0 aliphatic heterocycles. The van der Waals surface area contributed by atoms with Crippen LogP contribution in [0, 0.1) is 0 Å².